The smallest absolute Gasteiger partial charge is 0.201 e. The highest BCUT2D eigenvalue weighted by atomic mass is 79.9. The zero-order valence-corrected chi connectivity index (χ0v) is 23.0. The van der Waals surface area contributed by atoms with E-state index in [1.807, 2.05) is 13.8 Å². The Kier molecular flexibility index (Phi) is 8.55. The summed E-state index contributed by atoms with van der Waals surface area (Å²) in [6.07, 6.45) is 6.36. The molecular weight excluding hydrogens is 444 g/mol. The Labute approximate surface area is 190 Å². The van der Waals surface area contributed by atoms with Gasteiger partial charge in [0.25, 0.3) is 0 Å². The minimum absolute atomic E-state index is 0.00437. The van der Waals surface area contributed by atoms with Crippen LogP contribution < -0.4 is 0 Å². The molecule has 5 heteroatoms. The van der Waals surface area contributed by atoms with E-state index in [1.165, 1.54) is 12.8 Å². The Hall–Kier alpha value is 0.577. The number of hydrogen-bond acceptors (Lipinski definition) is 3. The Balaban J connectivity index is 2.52. The first-order valence-corrected chi connectivity index (χ1v) is 15.1. The van der Waals surface area contributed by atoms with Crippen molar-refractivity contribution >= 4 is 24.2 Å². The second kappa shape index (κ2) is 9.60. The number of halogens is 1. The van der Waals surface area contributed by atoms with Crippen molar-refractivity contribution in [1.29, 1.82) is 0 Å². The number of fused-ring (bicyclic) bond motifs is 1. The van der Waals surface area contributed by atoms with Gasteiger partial charge in [-0.05, 0) is 56.2 Å². The van der Waals surface area contributed by atoms with E-state index in [9.17, 15) is 5.11 Å². The topological polar surface area (TPSA) is 38.7 Å². The molecule has 1 N–H and O–H groups in total. The normalized spacial score (nSPS) is 35.8. The minimum atomic E-state index is -2.03. The van der Waals surface area contributed by atoms with Crippen LogP contribution in [0.15, 0.2) is 0 Å². The molecule has 0 aromatic rings. The maximum absolute atomic E-state index is 10.1. The molecule has 0 aliphatic heterocycles. The van der Waals surface area contributed by atoms with E-state index in [2.05, 4.69) is 64.4 Å². The van der Waals surface area contributed by atoms with Crippen molar-refractivity contribution in [3.63, 3.8) is 0 Å². The van der Waals surface area contributed by atoms with Gasteiger partial charge in [0.05, 0.1) is 23.9 Å². The molecule has 0 aromatic carbocycles. The standard InChI is InChI=1S/C24H47BrO3Si/c1-16(2)29(17(3)4,18(5)6)28-24-13-11-10-12-23(24,9)22(14-21(25)15-24)27-20(8)19(7)26/h16-22,26H,10-15H2,1-9H3/t19-,20+,21+,22-,23?,24-/m1/s1. The SMILES string of the molecule is CC(C)[Si](O[C@@]12CCCCC1(C)[C@H](O[C@@H](C)[C@@H](C)O)C[C@H](Br)C2)(C(C)C)C(C)C. The summed E-state index contributed by atoms with van der Waals surface area (Å²) >= 11 is 3.99. The first-order valence-electron chi connectivity index (χ1n) is 12.0. The third-order valence-corrected chi connectivity index (χ3v) is 15.3. The number of ether oxygens (including phenoxy) is 1. The van der Waals surface area contributed by atoms with Gasteiger partial charge in [-0.1, -0.05) is 77.2 Å². The number of rotatable bonds is 8. The van der Waals surface area contributed by atoms with Crippen LogP contribution in [0.2, 0.25) is 16.6 Å². The van der Waals surface area contributed by atoms with Crippen molar-refractivity contribution in [2.24, 2.45) is 5.41 Å². The van der Waals surface area contributed by atoms with E-state index in [0.29, 0.717) is 21.5 Å². The van der Waals surface area contributed by atoms with Crippen LogP contribution >= 0.6 is 15.9 Å². The summed E-state index contributed by atoms with van der Waals surface area (Å²) < 4.78 is 14.2. The van der Waals surface area contributed by atoms with Crippen molar-refractivity contribution in [2.45, 2.75) is 146 Å². The molecule has 29 heavy (non-hydrogen) atoms. The molecule has 172 valence electrons. The zero-order valence-electron chi connectivity index (χ0n) is 20.4. The van der Waals surface area contributed by atoms with Gasteiger partial charge in [-0.25, -0.2) is 0 Å². The van der Waals surface area contributed by atoms with Crippen molar-refractivity contribution in [2.75, 3.05) is 0 Å². The monoisotopic (exact) mass is 490 g/mol. The van der Waals surface area contributed by atoms with Crippen molar-refractivity contribution < 1.29 is 14.3 Å². The van der Waals surface area contributed by atoms with Crippen LogP contribution in [0.3, 0.4) is 0 Å². The highest BCUT2D eigenvalue weighted by molar-refractivity contribution is 9.09. The third-order valence-electron chi connectivity index (χ3n) is 8.44. The molecule has 2 saturated carbocycles. The molecule has 6 atom stereocenters. The molecule has 0 bridgehead atoms. The summed E-state index contributed by atoms with van der Waals surface area (Å²) in [6, 6.07) is 0. The molecule has 2 fully saturated rings. The summed E-state index contributed by atoms with van der Waals surface area (Å²) in [5, 5.41) is 10.1. The van der Waals surface area contributed by atoms with Gasteiger partial charge in [0, 0.05) is 10.2 Å². The fourth-order valence-corrected chi connectivity index (χ4v) is 13.3. The molecule has 0 radical (unpaired) electrons. The first-order chi connectivity index (χ1) is 13.3. The average molecular weight is 492 g/mol. The van der Waals surface area contributed by atoms with Gasteiger partial charge in [-0.15, -0.1) is 0 Å². The lowest BCUT2D eigenvalue weighted by atomic mass is 9.56. The maximum atomic E-state index is 10.1. The zero-order chi connectivity index (χ0) is 22.2. The number of aliphatic hydroxyl groups is 1. The van der Waals surface area contributed by atoms with Crippen LogP contribution in [0, 0.1) is 5.41 Å². The number of hydrogen-bond donors (Lipinski definition) is 1. The number of aliphatic hydroxyl groups excluding tert-OH is 1. The second-order valence-electron chi connectivity index (χ2n) is 11.1. The summed E-state index contributed by atoms with van der Waals surface area (Å²) in [5.41, 5.74) is 1.60. The van der Waals surface area contributed by atoms with Gasteiger partial charge >= 0.3 is 0 Å². The molecule has 1 unspecified atom stereocenters. The highest BCUT2D eigenvalue weighted by Gasteiger charge is 2.63. The lowest BCUT2D eigenvalue weighted by Gasteiger charge is -2.63. The first kappa shape index (κ1) is 25.8. The molecule has 0 spiro atoms. The Morgan fingerprint density at radius 2 is 1.45 bits per heavy atom. The van der Waals surface area contributed by atoms with Gasteiger partial charge in [-0.2, -0.15) is 0 Å². The minimum Gasteiger partial charge on any atom is -0.410 e. The van der Waals surface area contributed by atoms with Gasteiger partial charge in [0.1, 0.15) is 0 Å². The summed E-state index contributed by atoms with van der Waals surface area (Å²) in [5.74, 6) is 0. The highest BCUT2D eigenvalue weighted by Crippen LogP contribution is 2.60. The molecule has 0 amide bonds. The van der Waals surface area contributed by atoms with Crippen LogP contribution in [0.25, 0.3) is 0 Å². The third kappa shape index (κ3) is 4.69. The Morgan fingerprint density at radius 1 is 0.931 bits per heavy atom. The molecule has 0 heterocycles. The molecule has 0 saturated heterocycles. The van der Waals surface area contributed by atoms with Crippen LogP contribution in [-0.4, -0.2) is 42.2 Å². The largest absolute Gasteiger partial charge is 0.410 e. The summed E-state index contributed by atoms with van der Waals surface area (Å²) in [4.78, 5) is 0.401. The predicted octanol–water partition coefficient (Wildman–Crippen LogP) is 7.21. The summed E-state index contributed by atoms with van der Waals surface area (Å²) in [6.45, 7) is 20.6. The molecular formula is C24H47BrO3Si. The average Bonchev–Trinajstić information content (AvgIpc) is 2.59. The van der Waals surface area contributed by atoms with Crippen LogP contribution in [-0.2, 0) is 9.16 Å². The molecule has 0 aromatic heterocycles. The van der Waals surface area contributed by atoms with E-state index in [1.54, 1.807) is 0 Å². The van der Waals surface area contributed by atoms with E-state index in [4.69, 9.17) is 9.16 Å². The van der Waals surface area contributed by atoms with Crippen LogP contribution in [0.5, 0.6) is 0 Å². The van der Waals surface area contributed by atoms with Crippen molar-refractivity contribution in [3.05, 3.63) is 0 Å². The van der Waals surface area contributed by atoms with Crippen LogP contribution in [0.4, 0.5) is 0 Å². The van der Waals surface area contributed by atoms with E-state index < -0.39 is 14.4 Å². The maximum Gasteiger partial charge on any atom is 0.201 e. The van der Waals surface area contributed by atoms with Gasteiger partial charge in [-0.3, -0.25) is 0 Å². The molecule has 2 aliphatic rings. The van der Waals surface area contributed by atoms with Crippen molar-refractivity contribution in [3.8, 4) is 0 Å². The predicted molar refractivity (Wildman–Crippen MR) is 129 cm³/mol. The fourth-order valence-electron chi connectivity index (χ4n) is 6.62. The fraction of sp³-hybridized carbons (Fsp3) is 1.00. The summed E-state index contributed by atoms with van der Waals surface area (Å²) in [7, 11) is -2.03. The van der Waals surface area contributed by atoms with E-state index in [-0.39, 0.29) is 23.2 Å². The van der Waals surface area contributed by atoms with E-state index in [0.717, 1.165) is 25.7 Å². The molecule has 2 aliphatic carbocycles. The molecule has 2 rings (SSSR count). The lowest BCUT2D eigenvalue weighted by Crippen LogP contribution is -2.67. The van der Waals surface area contributed by atoms with Crippen molar-refractivity contribution in [1.82, 2.24) is 0 Å². The lowest BCUT2D eigenvalue weighted by molar-refractivity contribution is -0.210. The molecule has 3 nitrogen and oxygen atoms in total. The Bertz CT molecular complexity index is 516. The van der Waals surface area contributed by atoms with Gasteiger partial charge in [0.2, 0.25) is 8.32 Å². The van der Waals surface area contributed by atoms with Gasteiger partial charge in [0.15, 0.2) is 0 Å². The quantitative estimate of drug-likeness (QED) is 0.288. The van der Waals surface area contributed by atoms with Gasteiger partial charge < -0.3 is 14.3 Å². The number of alkyl halides is 1. The Morgan fingerprint density at radius 3 is 1.93 bits per heavy atom. The van der Waals surface area contributed by atoms with E-state index >= 15 is 0 Å². The van der Waals surface area contributed by atoms with Crippen LogP contribution in [0.1, 0.15) is 101 Å². The second-order valence-corrected chi connectivity index (χ2v) is 17.8.